The Hall–Kier alpha value is -2.49. The highest BCUT2D eigenvalue weighted by molar-refractivity contribution is 7.91. The number of hydrogen-bond donors (Lipinski definition) is 1. The maximum Gasteiger partial charge on any atom is 0.254 e. The van der Waals surface area contributed by atoms with Gasteiger partial charge in [-0.3, -0.25) is 9.80 Å². The monoisotopic (exact) mass is 576 g/mol. The summed E-state index contributed by atoms with van der Waals surface area (Å²) >= 11 is 1.23. The number of piperazine rings is 2. The molecule has 11 nitrogen and oxygen atoms in total. The number of hydrogen-bond acceptors (Lipinski definition) is 10. The van der Waals surface area contributed by atoms with E-state index < -0.39 is 10.0 Å². The third kappa shape index (κ3) is 5.45. The first-order valence-electron chi connectivity index (χ1n) is 13.3. The van der Waals surface area contributed by atoms with Gasteiger partial charge in [-0.15, -0.1) is 10.2 Å². The quantitative estimate of drug-likeness (QED) is 0.444. The van der Waals surface area contributed by atoms with Crippen LogP contribution < -0.4 is 4.90 Å². The molecule has 0 bridgehead atoms. The number of benzene rings is 1. The summed E-state index contributed by atoms with van der Waals surface area (Å²) < 4.78 is 44.0. The Bertz CT molecular complexity index is 1390. The average molecular weight is 577 g/mol. The van der Waals surface area contributed by atoms with E-state index in [1.807, 2.05) is 11.5 Å². The van der Waals surface area contributed by atoms with Crippen molar-refractivity contribution in [1.82, 2.24) is 33.9 Å². The molecular weight excluding hydrogens is 543 g/mol. The lowest BCUT2D eigenvalue weighted by atomic mass is 10.1. The van der Waals surface area contributed by atoms with Crippen molar-refractivity contribution in [2.75, 3.05) is 57.3 Å². The first-order valence-corrected chi connectivity index (χ1v) is 15.5. The molecule has 1 aromatic carbocycles. The molecule has 0 unspecified atom stereocenters. The first-order chi connectivity index (χ1) is 18.8. The zero-order valence-electron chi connectivity index (χ0n) is 21.8. The van der Waals surface area contributed by atoms with Gasteiger partial charge in [0.2, 0.25) is 0 Å². The van der Waals surface area contributed by atoms with Gasteiger partial charge in [0, 0.05) is 58.4 Å². The van der Waals surface area contributed by atoms with E-state index in [0.29, 0.717) is 39.3 Å². The van der Waals surface area contributed by atoms with Gasteiger partial charge in [0.05, 0.1) is 24.9 Å². The predicted octanol–water partition coefficient (Wildman–Crippen LogP) is 1.24. The number of aliphatic hydroxyl groups excluding tert-OH is 1. The molecule has 3 aromatic rings. The fourth-order valence-electron chi connectivity index (χ4n) is 5.77. The van der Waals surface area contributed by atoms with Gasteiger partial charge in [-0.1, -0.05) is 23.5 Å². The first kappa shape index (κ1) is 26.7. The Kier molecular flexibility index (Phi) is 7.41. The fraction of sp³-hybridized carbons (Fsp3) is 0.560. The highest BCUT2D eigenvalue weighted by Gasteiger charge is 2.37. The van der Waals surface area contributed by atoms with Crippen LogP contribution in [0.2, 0.25) is 0 Å². The fourth-order valence-corrected chi connectivity index (χ4v) is 8.50. The lowest BCUT2D eigenvalue weighted by Gasteiger charge is -2.37. The number of fused-ring (bicyclic) bond motifs is 1. The highest BCUT2D eigenvalue weighted by atomic mass is 32.2. The number of thiazole rings is 1. The van der Waals surface area contributed by atoms with E-state index in [9.17, 15) is 17.9 Å². The topological polar surface area (TPSA) is 111 Å². The second-order valence-corrected chi connectivity index (χ2v) is 13.7. The van der Waals surface area contributed by atoms with Crippen molar-refractivity contribution in [1.29, 1.82) is 0 Å². The van der Waals surface area contributed by atoms with Gasteiger partial charge in [-0.2, -0.15) is 4.31 Å². The van der Waals surface area contributed by atoms with Crippen molar-refractivity contribution < 1.29 is 17.9 Å². The third-order valence-electron chi connectivity index (χ3n) is 8.04. The summed E-state index contributed by atoms with van der Waals surface area (Å²) in [6.07, 6.45) is 3.63. The van der Waals surface area contributed by atoms with Crippen LogP contribution in [0, 0.1) is 5.82 Å². The molecule has 14 heteroatoms. The summed E-state index contributed by atoms with van der Waals surface area (Å²) in [5, 5.41) is 19.1. The number of nitrogens with zero attached hydrogens (tertiary/aromatic N) is 8. The number of aliphatic hydroxyl groups is 1. The number of aromatic nitrogens is 4. The molecular formula is C25H33FN8O3S2. The normalized spacial score (nSPS) is 24.2. The number of sulfonamides is 1. The Balaban J connectivity index is 1.06. The van der Waals surface area contributed by atoms with Crippen LogP contribution in [0.25, 0.3) is 0 Å². The van der Waals surface area contributed by atoms with E-state index in [1.165, 1.54) is 34.0 Å². The number of rotatable bonds is 7. The lowest BCUT2D eigenvalue weighted by molar-refractivity contribution is 0.173. The smallest absolute Gasteiger partial charge is 0.254 e. The zero-order chi connectivity index (χ0) is 27.1. The van der Waals surface area contributed by atoms with Crippen molar-refractivity contribution >= 4 is 26.5 Å². The maximum atomic E-state index is 13.4. The molecule has 5 heterocycles. The molecule has 3 aliphatic rings. The maximum absolute atomic E-state index is 13.4. The molecule has 6 rings (SSSR count). The van der Waals surface area contributed by atoms with Crippen molar-refractivity contribution in [3.63, 3.8) is 0 Å². The Morgan fingerprint density at radius 3 is 2.64 bits per heavy atom. The molecule has 0 saturated carbocycles. The summed E-state index contributed by atoms with van der Waals surface area (Å²) in [5.74, 6) is 0.509. The summed E-state index contributed by atoms with van der Waals surface area (Å²) in [4.78, 5) is 11.1. The van der Waals surface area contributed by atoms with E-state index in [1.54, 1.807) is 18.5 Å². The summed E-state index contributed by atoms with van der Waals surface area (Å²) in [7, 11) is -3.63. The second kappa shape index (κ2) is 10.8. The zero-order valence-corrected chi connectivity index (χ0v) is 23.4. The third-order valence-corrected chi connectivity index (χ3v) is 11.4. The van der Waals surface area contributed by atoms with Crippen LogP contribution in [0.5, 0.6) is 0 Å². The molecule has 210 valence electrons. The molecule has 2 aromatic heterocycles. The van der Waals surface area contributed by atoms with Crippen LogP contribution in [0.4, 0.5) is 9.52 Å². The predicted molar refractivity (Wildman–Crippen MR) is 145 cm³/mol. The average Bonchev–Trinajstić information content (AvgIpc) is 3.68. The van der Waals surface area contributed by atoms with Gasteiger partial charge in [-0.25, -0.2) is 17.8 Å². The standard InChI is InChI=1S/C25H33FN8O3S2/c1-18(19-2-4-20(26)5-3-19)34-17-28-29-23(34)16-30-6-10-33(11-7-30)39(36,37)24-13-27-25(38-24)32-9-8-31-15-22(35)12-21(31)14-32/h2-5,13,17-18,21-22,35H,6-12,14-16H2,1H3/t18-,21+,22-/m1/s1. The van der Waals surface area contributed by atoms with Gasteiger partial charge in [0.15, 0.2) is 9.34 Å². The van der Waals surface area contributed by atoms with E-state index >= 15 is 0 Å². The molecule has 0 radical (unpaired) electrons. The van der Waals surface area contributed by atoms with Gasteiger partial charge in [-0.05, 0) is 31.0 Å². The van der Waals surface area contributed by atoms with Crippen molar-refractivity contribution in [3.05, 3.63) is 54.0 Å². The Labute approximate surface area is 231 Å². The van der Waals surface area contributed by atoms with Crippen LogP contribution in [0.15, 0.2) is 41.0 Å². The molecule has 3 atom stereocenters. The molecule has 0 aliphatic carbocycles. The van der Waals surface area contributed by atoms with E-state index in [0.717, 1.165) is 42.6 Å². The Morgan fingerprint density at radius 2 is 1.87 bits per heavy atom. The minimum Gasteiger partial charge on any atom is -0.392 e. The van der Waals surface area contributed by atoms with Gasteiger partial charge < -0.3 is 14.6 Å². The minimum atomic E-state index is -3.63. The molecule has 3 aliphatic heterocycles. The molecule has 3 fully saturated rings. The minimum absolute atomic E-state index is 0.0560. The van der Waals surface area contributed by atoms with E-state index in [4.69, 9.17) is 0 Å². The Morgan fingerprint density at radius 1 is 1.10 bits per heavy atom. The van der Waals surface area contributed by atoms with Crippen molar-refractivity contribution in [2.24, 2.45) is 0 Å². The second-order valence-electron chi connectivity index (χ2n) is 10.5. The van der Waals surface area contributed by atoms with Crippen LogP contribution in [0.1, 0.15) is 30.8 Å². The molecule has 3 saturated heterocycles. The number of anilines is 1. The number of halogens is 1. The largest absolute Gasteiger partial charge is 0.392 e. The van der Waals surface area contributed by atoms with Gasteiger partial charge in [0.1, 0.15) is 18.0 Å². The summed E-state index contributed by atoms with van der Waals surface area (Å²) in [6, 6.07) is 6.65. The molecule has 1 N–H and O–H groups in total. The van der Waals surface area contributed by atoms with Crippen molar-refractivity contribution in [3.8, 4) is 0 Å². The van der Waals surface area contributed by atoms with E-state index in [2.05, 4.69) is 29.9 Å². The van der Waals surface area contributed by atoms with Crippen LogP contribution in [-0.4, -0.2) is 112 Å². The summed E-state index contributed by atoms with van der Waals surface area (Å²) in [5.41, 5.74) is 0.958. The van der Waals surface area contributed by atoms with Crippen molar-refractivity contribution in [2.45, 2.75) is 42.3 Å². The summed E-state index contributed by atoms with van der Waals surface area (Å²) in [6.45, 7) is 7.59. The SMILES string of the molecule is C[C@H](c1ccc(F)cc1)n1cnnc1CN1CCN(S(=O)(=O)c2cnc(N3CCN4C[C@H](O)C[C@H]4C3)s2)CC1. The highest BCUT2D eigenvalue weighted by Crippen LogP contribution is 2.32. The van der Waals surface area contributed by atoms with Gasteiger partial charge >= 0.3 is 0 Å². The van der Waals surface area contributed by atoms with Crippen LogP contribution in [0.3, 0.4) is 0 Å². The van der Waals surface area contributed by atoms with Crippen LogP contribution >= 0.6 is 11.3 Å². The van der Waals surface area contributed by atoms with Crippen LogP contribution in [-0.2, 0) is 16.6 Å². The van der Waals surface area contributed by atoms with E-state index in [-0.39, 0.29) is 28.2 Å². The molecule has 0 amide bonds. The van der Waals surface area contributed by atoms with Gasteiger partial charge in [0.25, 0.3) is 10.0 Å². The lowest BCUT2D eigenvalue weighted by Crippen LogP contribution is -2.50. The molecule has 0 spiro atoms. The molecule has 39 heavy (non-hydrogen) atoms.